The molecule has 5 rings (SSSR count). The summed E-state index contributed by atoms with van der Waals surface area (Å²) in [6, 6.07) is 15.8. The number of H-pyrrole nitrogens is 1. The number of hydrogen-bond donors (Lipinski definition) is 2. The summed E-state index contributed by atoms with van der Waals surface area (Å²) in [5.74, 6) is 0.0405. The summed E-state index contributed by atoms with van der Waals surface area (Å²) < 4.78 is 2.59. The summed E-state index contributed by atoms with van der Waals surface area (Å²) >= 11 is 0. The zero-order valence-electron chi connectivity index (χ0n) is 18.0. The molecule has 0 saturated carbocycles. The number of aromatic nitrogens is 7. The number of rotatable bonds is 5. The summed E-state index contributed by atoms with van der Waals surface area (Å²) in [7, 11) is 0. The maximum Gasteiger partial charge on any atom is 0.328 e. The number of pyridine rings is 1. The summed E-state index contributed by atoms with van der Waals surface area (Å²) in [6.07, 6.45) is 2.68. The Morgan fingerprint density at radius 2 is 1.85 bits per heavy atom. The van der Waals surface area contributed by atoms with Crippen LogP contribution in [0.5, 0.6) is 0 Å². The van der Waals surface area contributed by atoms with Crippen LogP contribution >= 0.6 is 0 Å². The van der Waals surface area contributed by atoms with Crippen LogP contribution in [0.3, 0.4) is 0 Å². The second-order valence-electron chi connectivity index (χ2n) is 7.49. The molecule has 0 bridgehead atoms. The van der Waals surface area contributed by atoms with Gasteiger partial charge in [-0.3, -0.25) is 19.1 Å². The van der Waals surface area contributed by atoms with Gasteiger partial charge < -0.3 is 10.3 Å². The average Bonchev–Trinajstić information content (AvgIpc) is 3.23. The Bertz CT molecular complexity index is 1620. The molecule has 2 N–H and O–H groups in total. The number of benzene rings is 1. The third-order valence-electron chi connectivity index (χ3n) is 5.21. The lowest BCUT2D eigenvalue weighted by molar-refractivity contribution is 0.102. The van der Waals surface area contributed by atoms with E-state index in [0.717, 1.165) is 16.3 Å². The van der Waals surface area contributed by atoms with E-state index in [-0.39, 0.29) is 12.1 Å². The summed E-state index contributed by atoms with van der Waals surface area (Å²) in [5, 5.41) is 15.2. The van der Waals surface area contributed by atoms with Crippen molar-refractivity contribution in [1.82, 2.24) is 34.3 Å². The second-order valence-corrected chi connectivity index (χ2v) is 7.49. The zero-order chi connectivity index (χ0) is 23.7. The molecule has 0 atom stereocenters. The Morgan fingerprint density at radius 1 is 1.03 bits per heavy atom. The Labute approximate surface area is 191 Å². The largest absolute Gasteiger partial charge is 0.328 e. The molecular weight excluding hydrogens is 436 g/mol. The van der Waals surface area contributed by atoms with E-state index in [1.165, 1.54) is 0 Å². The van der Waals surface area contributed by atoms with Gasteiger partial charge in [-0.05, 0) is 43.3 Å². The van der Waals surface area contributed by atoms with Crippen LogP contribution in [-0.2, 0) is 6.54 Å². The van der Waals surface area contributed by atoms with Gasteiger partial charge in [0.2, 0.25) is 0 Å². The van der Waals surface area contributed by atoms with Crippen molar-refractivity contribution in [2.24, 2.45) is 0 Å². The Kier molecular flexibility index (Phi) is 5.26. The van der Waals surface area contributed by atoms with Gasteiger partial charge in [0.1, 0.15) is 5.56 Å². The predicted molar refractivity (Wildman–Crippen MR) is 124 cm³/mol. The van der Waals surface area contributed by atoms with E-state index in [1.54, 1.807) is 53.2 Å². The molecule has 0 radical (unpaired) electrons. The van der Waals surface area contributed by atoms with E-state index in [9.17, 15) is 14.4 Å². The van der Waals surface area contributed by atoms with E-state index in [2.05, 4.69) is 30.6 Å². The lowest BCUT2D eigenvalue weighted by atomic mass is 10.1. The first-order valence-corrected chi connectivity index (χ1v) is 10.3. The van der Waals surface area contributed by atoms with Gasteiger partial charge >= 0.3 is 5.69 Å². The molecule has 4 aromatic heterocycles. The number of aryl methyl sites for hydroxylation is 1. The van der Waals surface area contributed by atoms with Crippen molar-refractivity contribution in [3.63, 3.8) is 0 Å². The first-order valence-electron chi connectivity index (χ1n) is 10.3. The molecule has 0 fully saturated rings. The van der Waals surface area contributed by atoms with Gasteiger partial charge in [0.05, 0.1) is 17.9 Å². The van der Waals surface area contributed by atoms with Crippen LogP contribution in [0, 0.1) is 6.92 Å². The van der Waals surface area contributed by atoms with E-state index in [4.69, 9.17) is 0 Å². The van der Waals surface area contributed by atoms with Crippen LogP contribution in [-0.4, -0.2) is 40.3 Å². The number of aromatic amines is 1. The molecule has 11 nitrogen and oxygen atoms in total. The van der Waals surface area contributed by atoms with Crippen molar-refractivity contribution >= 4 is 17.2 Å². The zero-order valence-corrected chi connectivity index (χ0v) is 18.0. The van der Waals surface area contributed by atoms with Crippen LogP contribution < -0.4 is 16.6 Å². The van der Waals surface area contributed by atoms with Crippen molar-refractivity contribution in [3.8, 4) is 11.3 Å². The van der Waals surface area contributed by atoms with Crippen LogP contribution in [0.1, 0.15) is 21.9 Å². The fourth-order valence-electron chi connectivity index (χ4n) is 3.44. The molecule has 1 aromatic carbocycles. The van der Waals surface area contributed by atoms with Crippen molar-refractivity contribution in [2.75, 3.05) is 5.32 Å². The van der Waals surface area contributed by atoms with Crippen LogP contribution in [0.4, 0.5) is 5.69 Å². The van der Waals surface area contributed by atoms with Crippen molar-refractivity contribution < 1.29 is 4.79 Å². The quantitative estimate of drug-likeness (QED) is 0.411. The van der Waals surface area contributed by atoms with Gasteiger partial charge in [0.15, 0.2) is 11.5 Å². The molecule has 5 aromatic rings. The second kappa shape index (κ2) is 8.54. The van der Waals surface area contributed by atoms with Gasteiger partial charge in [-0.25, -0.2) is 4.79 Å². The number of nitrogens with one attached hydrogen (secondary N) is 2. The number of carbonyl (C=O) groups excluding carboxylic acids is 1. The van der Waals surface area contributed by atoms with Gasteiger partial charge in [0.25, 0.3) is 11.5 Å². The normalized spacial score (nSPS) is 11.0. The third-order valence-corrected chi connectivity index (χ3v) is 5.21. The molecule has 34 heavy (non-hydrogen) atoms. The molecule has 0 saturated heterocycles. The van der Waals surface area contributed by atoms with E-state index in [1.807, 2.05) is 19.1 Å². The lowest BCUT2D eigenvalue weighted by Gasteiger charge is -2.09. The first-order chi connectivity index (χ1) is 16.5. The highest BCUT2D eigenvalue weighted by atomic mass is 16.2. The standard InChI is InChI=1S/C23H18N8O3/c1-14-27-28-20-10-9-19(29-31(14)20)15-5-7-16(8-6-15)26-21(32)18-12-25-23(34)30(22(18)33)13-17-4-2-3-11-24-17/h2-12H,13H2,1H3,(H,25,34)(H,26,32). The Morgan fingerprint density at radius 3 is 2.62 bits per heavy atom. The summed E-state index contributed by atoms with van der Waals surface area (Å²) in [5.41, 5.74) is 1.69. The third kappa shape index (κ3) is 3.97. The Hall–Kier alpha value is -4.93. The minimum absolute atomic E-state index is 0.0475. The van der Waals surface area contributed by atoms with Crippen molar-refractivity contribution in [3.05, 3.63) is 105 Å². The molecule has 0 aliphatic rings. The molecule has 0 aliphatic carbocycles. The molecule has 11 heteroatoms. The highest BCUT2D eigenvalue weighted by Gasteiger charge is 2.16. The van der Waals surface area contributed by atoms with Gasteiger partial charge in [0, 0.05) is 23.6 Å². The monoisotopic (exact) mass is 454 g/mol. The fourth-order valence-corrected chi connectivity index (χ4v) is 3.44. The topological polar surface area (TPSA) is 140 Å². The number of hydrogen-bond acceptors (Lipinski definition) is 7. The summed E-state index contributed by atoms with van der Waals surface area (Å²) in [4.78, 5) is 44.3. The molecule has 1 amide bonds. The SMILES string of the molecule is Cc1nnc2ccc(-c3ccc(NC(=O)c4c[nH]c(=O)n(Cc5ccccn5)c4=O)cc3)nn12. The van der Waals surface area contributed by atoms with Crippen LogP contribution in [0.2, 0.25) is 0 Å². The highest BCUT2D eigenvalue weighted by molar-refractivity contribution is 6.03. The molecular formula is C23H18N8O3. The minimum Gasteiger partial charge on any atom is -0.322 e. The number of nitrogens with zero attached hydrogens (tertiary/aromatic N) is 6. The van der Waals surface area contributed by atoms with Gasteiger partial charge in [-0.1, -0.05) is 18.2 Å². The first kappa shape index (κ1) is 20.9. The molecule has 0 spiro atoms. The van der Waals surface area contributed by atoms with Gasteiger partial charge in [-0.2, -0.15) is 9.61 Å². The number of amides is 1. The van der Waals surface area contributed by atoms with Crippen LogP contribution in [0.15, 0.2) is 76.6 Å². The fraction of sp³-hybridized carbons (Fsp3) is 0.0870. The average molecular weight is 454 g/mol. The van der Waals surface area contributed by atoms with E-state index >= 15 is 0 Å². The molecule has 0 aliphatic heterocycles. The molecule has 4 heterocycles. The maximum atomic E-state index is 12.8. The minimum atomic E-state index is -0.703. The van der Waals surface area contributed by atoms with Crippen molar-refractivity contribution in [1.29, 1.82) is 0 Å². The number of fused-ring (bicyclic) bond motifs is 1. The van der Waals surface area contributed by atoms with Crippen LogP contribution in [0.25, 0.3) is 16.9 Å². The predicted octanol–water partition coefficient (Wildman–Crippen LogP) is 1.65. The highest BCUT2D eigenvalue weighted by Crippen LogP contribution is 2.20. The number of carbonyl (C=O) groups is 1. The van der Waals surface area contributed by atoms with Gasteiger partial charge in [-0.15, -0.1) is 10.2 Å². The lowest BCUT2D eigenvalue weighted by Crippen LogP contribution is -2.39. The molecule has 168 valence electrons. The van der Waals surface area contributed by atoms with Crippen molar-refractivity contribution in [2.45, 2.75) is 13.5 Å². The maximum absolute atomic E-state index is 12.8. The Balaban J connectivity index is 1.37. The van der Waals surface area contributed by atoms with E-state index in [0.29, 0.717) is 28.5 Å². The summed E-state index contributed by atoms with van der Waals surface area (Å²) in [6.45, 7) is 1.77. The number of anilines is 1. The molecule has 0 unspecified atom stereocenters. The smallest absolute Gasteiger partial charge is 0.322 e. The van der Waals surface area contributed by atoms with E-state index < -0.39 is 17.2 Å².